The van der Waals surface area contributed by atoms with Crippen LogP contribution < -0.4 is 10.6 Å². The largest absolute Gasteiger partial charge is 0.359 e. The van der Waals surface area contributed by atoms with Crippen molar-refractivity contribution >= 4 is 56.6 Å². The number of hydrogen-bond donors (Lipinski definition) is 3. The first-order valence-electron chi connectivity index (χ1n) is 8.43. The number of benzene rings is 2. The number of aromatic nitrogens is 3. The van der Waals surface area contributed by atoms with Crippen LogP contribution in [0.1, 0.15) is 11.3 Å². The molecule has 0 unspecified atom stereocenters. The van der Waals surface area contributed by atoms with Crippen LogP contribution in [0, 0.1) is 12.7 Å². The van der Waals surface area contributed by atoms with E-state index >= 15 is 0 Å². The lowest BCUT2D eigenvalue weighted by Crippen LogP contribution is -2.02. The van der Waals surface area contributed by atoms with E-state index in [1.54, 1.807) is 24.4 Å². The summed E-state index contributed by atoms with van der Waals surface area (Å²) in [5.41, 5.74) is 4.19. The van der Waals surface area contributed by atoms with Gasteiger partial charge in [0.25, 0.3) is 0 Å². The average molecular weight is 473 g/mol. The van der Waals surface area contributed by atoms with E-state index in [1.165, 1.54) is 5.56 Å². The molecule has 0 aliphatic carbocycles. The number of fused-ring (bicyclic) bond motifs is 1. The smallest absolute Gasteiger partial charge is 0.229 e. The second-order valence-electron chi connectivity index (χ2n) is 6.15. The van der Waals surface area contributed by atoms with Gasteiger partial charge in [-0.15, -0.1) is 0 Å². The standard InChI is InChI=1S/C20H17FIN5/c1-12-10-14-16(24-12)6-7-17(19(14)21)25-18-8-9-23-20(27-18)26-15-5-3-2-4-13(15)11-22/h2-10,24H,11H2,1H3,(H2,23,25,26,27). The lowest BCUT2D eigenvalue weighted by molar-refractivity contribution is 0.644. The van der Waals surface area contributed by atoms with Gasteiger partial charge in [0, 0.05) is 32.9 Å². The predicted molar refractivity (Wildman–Crippen MR) is 116 cm³/mol. The van der Waals surface area contributed by atoms with Gasteiger partial charge in [0.15, 0.2) is 5.82 Å². The van der Waals surface area contributed by atoms with Crippen molar-refractivity contribution in [2.75, 3.05) is 10.6 Å². The molecule has 136 valence electrons. The maximum Gasteiger partial charge on any atom is 0.229 e. The van der Waals surface area contributed by atoms with Crippen LogP contribution in [0.2, 0.25) is 0 Å². The third-order valence-corrected chi connectivity index (χ3v) is 5.02. The zero-order valence-corrected chi connectivity index (χ0v) is 16.7. The molecule has 7 heteroatoms. The molecule has 4 rings (SSSR count). The summed E-state index contributed by atoms with van der Waals surface area (Å²) in [7, 11) is 0. The van der Waals surface area contributed by atoms with Crippen molar-refractivity contribution in [3.63, 3.8) is 0 Å². The highest BCUT2D eigenvalue weighted by molar-refractivity contribution is 14.1. The van der Waals surface area contributed by atoms with Crippen LogP contribution in [0.25, 0.3) is 10.9 Å². The molecule has 0 aliphatic heterocycles. The molecule has 0 bridgehead atoms. The Hall–Kier alpha value is -2.68. The van der Waals surface area contributed by atoms with E-state index < -0.39 is 0 Å². The molecule has 2 aromatic carbocycles. The Kier molecular flexibility index (Phi) is 4.93. The summed E-state index contributed by atoms with van der Waals surface area (Å²) >= 11 is 2.32. The Morgan fingerprint density at radius 3 is 2.78 bits per heavy atom. The Morgan fingerprint density at radius 2 is 1.93 bits per heavy atom. The zero-order valence-electron chi connectivity index (χ0n) is 14.6. The summed E-state index contributed by atoms with van der Waals surface area (Å²) in [5, 5.41) is 6.83. The minimum absolute atomic E-state index is 0.305. The van der Waals surface area contributed by atoms with Crippen molar-refractivity contribution in [1.29, 1.82) is 0 Å². The van der Waals surface area contributed by atoms with Gasteiger partial charge < -0.3 is 15.6 Å². The number of nitrogens with zero attached hydrogens (tertiary/aromatic N) is 2. The van der Waals surface area contributed by atoms with E-state index in [0.717, 1.165) is 21.3 Å². The van der Waals surface area contributed by atoms with Crippen molar-refractivity contribution in [3.05, 3.63) is 71.8 Å². The van der Waals surface area contributed by atoms with E-state index in [-0.39, 0.29) is 5.82 Å². The Balaban J connectivity index is 1.60. The molecule has 2 heterocycles. The highest BCUT2D eigenvalue weighted by atomic mass is 127. The Bertz CT molecular complexity index is 1110. The predicted octanol–water partition coefficient (Wildman–Crippen LogP) is 5.83. The second kappa shape index (κ2) is 7.51. The van der Waals surface area contributed by atoms with Crippen LogP contribution in [0.3, 0.4) is 0 Å². The third kappa shape index (κ3) is 3.73. The average Bonchev–Trinajstić information content (AvgIpc) is 3.06. The summed E-state index contributed by atoms with van der Waals surface area (Å²) in [6.45, 7) is 1.91. The first kappa shape index (κ1) is 17.7. The molecule has 4 aromatic rings. The molecular formula is C20H17FIN5. The molecule has 2 aromatic heterocycles. The molecule has 3 N–H and O–H groups in total. The number of halogens is 2. The van der Waals surface area contributed by atoms with E-state index in [2.05, 4.69) is 54.2 Å². The number of alkyl halides is 1. The number of aryl methyl sites for hydroxylation is 1. The lowest BCUT2D eigenvalue weighted by Gasteiger charge is -2.11. The van der Waals surface area contributed by atoms with E-state index in [9.17, 15) is 4.39 Å². The van der Waals surface area contributed by atoms with Gasteiger partial charge in [0.2, 0.25) is 5.95 Å². The number of aromatic amines is 1. The maximum absolute atomic E-state index is 14.8. The summed E-state index contributed by atoms with van der Waals surface area (Å²) in [4.78, 5) is 11.9. The number of rotatable bonds is 5. The lowest BCUT2D eigenvalue weighted by atomic mass is 10.2. The summed E-state index contributed by atoms with van der Waals surface area (Å²) in [6, 6.07) is 15.1. The highest BCUT2D eigenvalue weighted by Gasteiger charge is 2.11. The van der Waals surface area contributed by atoms with Crippen molar-refractivity contribution in [3.8, 4) is 0 Å². The molecule has 0 radical (unpaired) electrons. The minimum Gasteiger partial charge on any atom is -0.359 e. The van der Waals surface area contributed by atoms with Crippen LogP contribution >= 0.6 is 22.6 Å². The van der Waals surface area contributed by atoms with Crippen LogP contribution in [-0.2, 0) is 4.43 Å². The van der Waals surface area contributed by atoms with Crippen LogP contribution in [0.4, 0.5) is 27.5 Å². The maximum atomic E-state index is 14.8. The quantitative estimate of drug-likeness (QED) is 0.252. The molecule has 27 heavy (non-hydrogen) atoms. The fourth-order valence-corrected chi connectivity index (χ4v) is 3.58. The normalized spacial score (nSPS) is 10.9. The molecule has 0 saturated carbocycles. The van der Waals surface area contributed by atoms with Gasteiger partial charge in [-0.05, 0) is 42.8 Å². The van der Waals surface area contributed by atoms with Crippen molar-refractivity contribution in [2.45, 2.75) is 11.4 Å². The summed E-state index contributed by atoms with van der Waals surface area (Å²) < 4.78 is 15.6. The monoisotopic (exact) mass is 473 g/mol. The molecule has 0 amide bonds. The van der Waals surface area contributed by atoms with Gasteiger partial charge in [0.1, 0.15) is 5.82 Å². The van der Waals surface area contributed by atoms with Crippen LogP contribution in [0.15, 0.2) is 54.7 Å². The topological polar surface area (TPSA) is 65.6 Å². The van der Waals surface area contributed by atoms with Gasteiger partial charge in [-0.2, -0.15) is 4.98 Å². The van der Waals surface area contributed by atoms with Crippen LogP contribution in [-0.4, -0.2) is 15.0 Å². The van der Waals surface area contributed by atoms with Crippen LogP contribution in [0.5, 0.6) is 0 Å². The van der Waals surface area contributed by atoms with Gasteiger partial charge >= 0.3 is 0 Å². The Labute approximate surface area is 169 Å². The molecule has 0 saturated heterocycles. The van der Waals surface area contributed by atoms with Gasteiger partial charge in [-0.25, -0.2) is 9.37 Å². The number of hydrogen-bond acceptors (Lipinski definition) is 4. The van der Waals surface area contributed by atoms with E-state index in [1.807, 2.05) is 31.2 Å². The van der Waals surface area contributed by atoms with Crippen molar-refractivity contribution in [2.24, 2.45) is 0 Å². The number of anilines is 4. The molecular weight excluding hydrogens is 456 g/mol. The first-order valence-corrected chi connectivity index (χ1v) is 9.95. The van der Waals surface area contributed by atoms with Gasteiger partial charge in [0.05, 0.1) is 5.69 Å². The zero-order chi connectivity index (χ0) is 18.8. The Morgan fingerprint density at radius 1 is 1.07 bits per heavy atom. The summed E-state index contributed by atoms with van der Waals surface area (Å²) in [5.74, 6) is 0.668. The number of para-hydroxylation sites is 1. The summed E-state index contributed by atoms with van der Waals surface area (Å²) in [6.07, 6.45) is 1.64. The number of nitrogens with one attached hydrogen (secondary N) is 3. The van der Waals surface area contributed by atoms with E-state index in [4.69, 9.17) is 0 Å². The SMILES string of the molecule is Cc1cc2c(F)c(Nc3ccnc(Nc4ccccc4CI)n3)ccc2[nH]1. The van der Waals surface area contributed by atoms with Gasteiger partial charge in [-0.3, -0.25) is 0 Å². The minimum atomic E-state index is -0.305. The third-order valence-electron chi connectivity index (χ3n) is 4.20. The highest BCUT2D eigenvalue weighted by Crippen LogP contribution is 2.28. The second-order valence-corrected chi connectivity index (χ2v) is 6.91. The molecule has 5 nitrogen and oxygen atoms in total. The molecule has 0 fully saturated rings. The molecule has 0 spiro atoms. The van der Waals surface area contributed by atoms with Crippen molar-refractivity contribution in [1.82, 2.24) is 15.0 Å². The molecule has 0 aliphatic rings. The number of H-pyrrole nitrogens is 1. The van der Waals surface area contributed by atoms with Crippen molar-refractivity contribution < 1.29 is 4.39 Å². The fraction of sp³-hybridized carbons (Fsp3) is 0.100. The molecule has 0 atom stereocenters. The fourth-order valence-electron chi connectivity index (χ4n) is 2.91. The van der Waals surface area contributed by atoms with Gasteiger partial charge in [-0.1, -0.05) is 40.8 Å². The first-order chi connectivity index (χ1) is 13.1. The van der Waals surface area contributed by atoms with E-state index in [0.29, 0.717) is 22.8 Å².